The van der Waals surface area contributed by atoms with E-state index >= 15 is 0 Å². The first kappa shape index (κ1) is 16.4. The maximum atomic E-state index is 11.0. The first-order valence-corrected chi connectivity index (χ1v) is 7.91. The van der Waals surface area contributed by atoms with Gasteiger partial charge in [0.25, 0.3) is 5.69 Å². The number of aromatic nitrogens is 1. The lowest BCUT2D eigenvalue weighted by molar-refractivity contribution is -0.384. The van der Waals surface area contributed by atoms with Crippen LogP contribution in [0.15, 0.2) is 36.3 Å². The molecule has 1 aliphatic heterocycles. The van der Waals surface area contributed by atoms with Gasteiger partial charge in [-0.3, -0.25) is 10.1 Å². The Hall–Kier alpha value is -2.50. The Bertz CT molecular complexity index is 841. The molecule has 0 N–H and O–H groups in total. The molecule has 1 aromatic carbocycles. The van der Waals surface area contributed by atoms with E-state index in [-0.39, 0.29) is 16.0 Å². The van der Waals surface area contributed by atoms with Crippen molar-refractivity contribution in [3.8, 4) is 0 Å². The highest BCUT2D eigenvalue weighted by atomic mass is 16.7. The molecule has 2 heterocycles. The minimum atomic E-state index is -0.654. The maximum Gasteiger partial charge on any atom is 0.270 e. The quantitative estimate of drug-likeness (QED) is 0.615. The molecule has 0 fully saturated rings. The number of hydrogen-bond acceptors (Lipinski definition) is 4. The van der Waals surface area contributed by atoms with Crippen molar-refractivity contribution >= 4 is 16.6 Å². The van der Waals surface area contributed by atoms with Crippen molar-refractivity contribution in [2.24, 2.45) is 0 Å². The van der Waals surface area contributed by atoms with Crippen molar-refractivity contribution in [3.63, 3.8) is 0 Å². The average Bonchev–Trinajstić information content (AvgIpc) is 2.99. The molecular formula is C18H22N2O4. The van der Waals surface area contributed by atoms with Gasteiger partial charge in [-0.1, -0.05) is 20.8 Å². The van der Waals surface area contributed by atoms with Gasteiger partial charge in [-0.2, -0.15) is 0 Å². The second-order valence-corrected chi connectivity index (χ2v) is 7.57. The van der Waals surface area contributed by atoms with Gasteiger partial charge in [0.05, 0.1) is 11.5 Å². The Kier molecular flexibility index (Phi) is 3.59. The Labute approximate surface area is 140 Å². The predicted molar refractivity (Wildman–Crippen MR) is 91.6 cm³/mol. The second-order valence-electron chi connectivity index (χ2n) is 7.57. The van der Waals surface area contributed by atoms with Crippen molar-refractivity contribution in [2.75, 3.05) is 0 Å². The number of nitro groups is 1. The van der Waals surface area contributed by atoms with E-state index in [1.54, 1.807) is 18.4 Å². The van der Waals surface area contributed by atoms with E-state index in [9.17, 15) is 10.1 Å². The number of hydrogen-bond donors (Lipinski definition) is 0. The monoisotopic (exact) mass is 330 g/mol. The summed E-state index contributed by atoms with van der Waals surface area (Å²) in [7, 11) is 0. The van der Waals surface area contributed by atoms with Gasteiger partial charge in [-0.05, 0) is 12.1 Å². The highest BCUT2D eigenvalue weighted by molar-refractivity contribution is 5.84. The van der Waals surface area contributed by atoms with Gasteiger partial charge >= 0.3 is 0 Å². The molecule has 0 amide bonds. The number of rotatable bonds is 3. The summed E-state index contributed by atoms with van der Waals surface area (Å²) in [4.78, 5) is 10.7. The number of ether oxygens (including phenoxy) is 2. The minimum absolute atomic E-state index is 0.0981. The van der Waals surface area contributed by atoms with Crippen LogP contribution in [0, 0.1) is 10.1 Å². The molecule has 128 valence electrons. The van der Waals surface area contributed by atoms with E-state index in [0.717, 1.165) is 22.4 Å². The third kappa shape index (κ3) is 2.96. The Morgan fingerprint density at radius 3 is 2.50 bits per heavy atom. The van der Waals surface area contributed by atoms with Gasteiger partial charge in [0.1, 0.15) is 6.26 Å². The number of allylic oxidation sites excluding steroid dienone is 1. The van der Waals surface area contributed by atoms with Crippen molar-refractivity contribution in [1.82, 2.24) is 4.57 Å². The van der Waals surface area contributed by atoms with E-state index in [1.807, 2.05) is 19.9 Å². The standard InChI is InChI=1S/C18H22N2O4/c1-17(2,3)16-9-12-8-13(20(21)22)6-7-15(12)19(16)10-14-11-23-18(4,5)24-14/h6-9,11H,10H2,1-5H3. The van der Waals surface area contributed by atoms with Crippen molar-refractivity contribution in [2.45, 2.75) is 52.4 Å². The lowest BCUT2D eigenvalue weighted by Crippen LogP contribution is -2.22. The molecule has 1 aromatic heterocycles. The fourth-order valence-corrected chi connectivity index (χ4v) is 2.96. The fraction of sp³-hybridized carbons (Fsp3) is 0.444. The number of nitrogens with zero attached hydrogens (tertiary/aromatic N) is 2. The number of nitro benzene ring substituents is 1. The summed E-state index contributed by atoms with van der Waals surface area (Å²) in [5.41, 5.74) is 2.02. The zero-order valence-electron chi connectivity index (χ0n) is 14.6. The summed E-state index contributed by atoms with van der Waals surface area (Å²) >= 11 is 0. The first-order chi connectivity index (χ1) is 11.1. The molecule has 6 heteroatoms. The summed E-state index contributed by atoms with van der Waals surface area (Å²) in [6.45, 7) is 10.6. The average molecular weight is 330 g/mol. The summed E-state index contributed by atoms with van der Waals surface area (Å²) in [5.74, 6) is 0.0836. The molecule has 0 atom stereocenters. The van der Waals surface area contributed by atoms with Crippen molar-refractivity contribution < 1.29 is 14.4 Å². The highest BCUT2D eigenvalue weighted by Gasteiger charge is 2.29. The molecule has 2 aromatic rings. The van der Waals surface area contributed by atoms with Gasteiger partial charge < -0.3 is 14.0 Å². The Balaban J connectivity index is 2.09. The highest BCUT2D eigenvalue weighted by Crippen LogP contribution is 2.34. The summed E-state index contributed by atoms with van der Waals surface area (Å²) in [6, 6.07) is 6.97. The lowest BCUT2D eigenvalue weighted by atomic mass is 9.92. The van der Waals surface area contributed by atoms with Crippen LogP contribution in [0.1, 0.15) is 40.3 Å². The van der Waals surface area contributed by atoms with Crippen LogP contribution in [-0.2, 0) is 21.4 Å². The molecule has 0 unspecified atom stereocenters. The van der Waals surface area contributed by atoms with Gasteiger partial charge in [-0.25, -0.2) is 0 Å². The molecule has 0 aliphatic carbocycles. The van der Waals surface area contributed by atoms with Crippen LogP contribution in [-0.4, -0.2) is 15.3 Å². The van der Waals surface area contributed by atoms with E-state index in [0.29, 0.717) is 6.54 Å². The Morgan fingerprint density at radius 1 is 1.25 bits per heavy atom. The fourth-order valence-electron chi connectivity index (χ4n) is 2.96. The smallest absolute Gasteiger partial charge is 0.270 e. The molecular weight excluding hydrogens is 308 g/mol. The van der Waals surface area contributed by atoms with Gasteiger partial charge in [0, 0.05) is 48.0 Å². The SMILES string of the molecule is CC1(C)OC=C(Cn2c(C(C)(C)C)cc3cc([N+](=O)[O-])ccc32)O1. The van der Waals surface area contributed by atoms with Gasteiger partial charge in [0.2, 0.25) is 5.79 Å². The molecule has 0 saturated heterocycles. The van der Waals surface area contributed by atoms with Crippen LogP contribution in [0.3, 0.4) is 0 Å². The summed E-state index contributed by atoms with van der Waals surface area (Å²) in [5, 5.41) is 11.9. The number of fused-ring (bicyclic) bond motifs is 1. The molecule has 1 aliphatic rings. The lowest BCUT2D eigenvalue weighted by Gasteiger charge is -2.23. The third-order valence-electron chi connectivity index (χ3n) is 4.03. The van der Waals surface area contributed by atoms with Crippen LogP contribution in [0.2, 0.25) is 0 Å². The van der Waals surface area contributed by atoms with Crippen LogP contribution >= 0.6 is 0 Å². The topological polar surface area (TPSA) is 66.5 Å². The van der Waals surface area contributed by atoms with Crippen LogP contribution in [0.5, 0.6) is 0 Å². The molecule has 24 heavy (non-hydrogen) atoms. The predicted octanol–water partition coefficient (Wildman–Crippen LogP) is 4.47. The number of benzene rings is 1. The molecule has 6 nitrogen and oxygen atoms in total. The second kappa shape index (κ2) is 5.26. The van der Waals surface area contributed by atoms with Crippen LogP contribution in [0.4, 0.5) is 5.69 Å². The van der Waals surface area contributed by atoms with Gasteiger partial charge in [-0.15, -0.1) is 0 Å². The minimum Gasteiger partial charge on any atom is -0.457 e. The molecule has 0 bridgehead atoms. The van der Waals surface area contributed by atoms with E-state index < -0.39 is 5.79 Å². The zero-order chi connectivity index (χ0) is 17.7. The van der Waals surface area contributed by atoms with E-state index in [1.165, 1.54) is 6.07 Å². The molecule has 0 saturated carbocycles. The molecule has 0 spiro atoms. The van der Waals surface area contributed by atoms with Gasteiger partial charge in [0.15, 0.2) is 5.76 Å². The third-order valence-corrected chi connectivity index (χ3v) is 4.03. The summed E-state index contributed by atoms with van der Waals surface area (Å²) < 4.78 is 13.4. The maximum absolute atomic E-state index is 11.0. The molecule has 3 rings (SSSR count). The van der Waals surface area contributed by atoms with Crippen LogP contribution < -0.4 is 0 Å². The molecule has 0 radical (unpaired) electrons. The van der Waals surface area contributed by atoms with E-state index in [4.69, 9.17) is 9.47 Å². The number of non-ortho nitro benzene ring substituents is 1. The normalized spacial score (nSPS) is 16.6. The summed E-state index contributed by atoms with van der Waals surface area (Å²) in [6.07, 6.45) is 1.64. The zero-order valence-corrected chi connectivity index (χ0v) is 14.6. The van der Waals surface area contributed by atoms with Crippen molar-refractivity contribution in [3.05, 3.63) is 52.1 Å². The van der Waals surface area contributed by atoms with Crippen LogP contribution in [0.25, 0.3) is 10.9 Å². The Morgan fingerprint density at radius 2 is 1.96 bits per heavy atom. The van der Waals surface area contributed by atoms with Crippen molar-refractivity contribution in [1.29, 1.82) is 0 Å². The van der Waals surface area contributed by atoms with E-state index in [2.05, 4.69) is 25.3 Å². The first-order valence-electron chi connectivity index (χ1n) is 7.91. The largest absolute Gasteiger partial charge is 0.457 e.